The van der Waals surface area contributed by atoms with E-state index in [2.05, 4.69) is 18.7 Å². The highest BCUT2D eigenvalue weighted by Gasteiger charge is 2.47. The van der Waals surface area contributed by atoms with Crippen molar-refractivity contribution in [3.63, 3.8) is 0 Å². The van der Waals surface area contributed by atoms with Gasteiger partial charge in [0.15, 0.2) is 0 Å². The number of ether oxygens (including phenoxy) is 1. The highest BCUT2D eigenvalue weighted by molar-refractivity contribution is 4.97. The zero-order valence-corrected chi connectivity index (χ0v) is 10.6. The predicted molar refractivity (Wildman–Crippen MR) is 64.3 cm³/mol. The van der Waals surface area contributed by atoms with Crippen molar-refractivity contribution in [2.45, 2.75) is 26.7 Å². The molecule has 0 spiro atoms. The van der Waals surface area contributed by atoms with E-state index in [9.17, 15) is 0 Å². The third-order valence-electron chi connectivity index (χ3n) is 4.73. The lowest BCUT2D eigenvalue weighted by atomic mass is 9.54. The Kier molecular flexibility index (Phi) is 3.88. The predicted octanol–water partition coefficient (Wildman–Crippen LogP) is 1.36. The van der Waals surface area contributed by atoms with E-state index >= 15 is 0 Å². The van der Waals surface area contributed by atoms with Crippen molar-refractivity contribution >= 4 is 0 Å². The maximum Gasteiger partial charge on any atom is 0.0594 e. The molecule has 94 valence electrons. The molecule has 1 heterocycles. The van der Waals surface area contributed by atoms with E-state index in [4.69, 9.17) is 9.84 Å². The van der Waals surface area contributed by atoms with Crippen molar-refractivity contribution in [3.8, 4) is 0 Å². The minimum Gasteiger partial charge on any atom is -0.396 e. The molecule has 0 unspecified atom stereocenters. The summed E-state index contributed by atoms with van der Waals surface area (Å²) in [5.41, 5.74) is 0.418. The second-order valence-corrected chi connectivity index (χ2v) is 5.88. The van der Waals surface area contributed by atoms with Crippen molar-refractivity contribution in [1.29, 1.82) is 0 Å². The standard InChI is InChI=1S/C13H25NO2/c1-13(2)11(3-6-15)9-12(13)10-14-4-7-16-8-5-14/h11-12,15H,3-10H2,1-2H3/t11-,12+/m0/s1. The first-order valence-corrected chi connectivity index (χ1v) is 6.55. The first-order valence-electron chi connectivity index (χ1n) is 6.55. The van der Waals surface area contributed by atoms with Gasteiger partial charge in [-0.05, 0) is 30.1 Å². The number of nitrogens with zero attached hydrogens (tertiary/aromatic N) is 1. The summed E-state index contributed by atoms with van der Waals surface area (Å²) >= 11 is 0. The monoisotopic (exact) mass is 227 g/mol. The third kappa shape index (κ3) is 2.41. The molecule has 2 aliphatic rings. The van der Waals surface area contributed by atoms with E-state index < -0.39 is 0 Å². The average Bonchev–Trinajstić information content (AvgIpc) is 2.29. The smallest absolute Gasteiger partial charge is 0.0594 e. The van der Waals surface area contributed by atoms with Crippen LogP contribution in [-0.2, 0) is 4.74 Å². The number of aliphatic hydroxyl groups is 1. The van der Waals surface area contributed by atoms with Gasteiger partial charge in [0.2, 0.25) is 0 Å². The number of aliphatic hydroxyl groups excluding tert-OH is 1. The highest BCUT2D eigenvalue weighted by atomic mass is 16.5. The summed E-state index contributed by atoms with van der Waals surface area (Å²) in [4.78, 5) is 2.53. The second-order valence-electron chi connectivity index (χ2n) is 5.88. The van der Waals surface area contributed by atoms with E-state index in [-0.39, 0.29) is 0 Å². The zero-order chi connectivity index (χ0) is 11.6. The Morgan fingerprint density at radius 3 is 2.50 bits per heavy atom. The molecule has 16 heavy (non-hydrogen) atoms. The minimum atomic E-state index is 0.346. The Hall–Kier alpha value is -0.120. The van der Waals surface area contributed by atoms with Crippen LogP contribution >= 0.6 is 0 Å². The summed E-state index contributed by atoms with van der Waals surface area (Å²) in [6.45, 7) is 10.3. The molecule has 0 aromatic rings. The summed E-state index contributed by atoms with van der Waals surface area (Å²) in [6.07, 6.45) is 2.28. The van der Waals surface area contributed by atoms with E-state index in [0.29, 0.717) is 12.0 Å². The Morgan fingerprint density at radius 1 is 1.25 bits per heavy atom. The van der Waals surface area contributed by atoms with Crippen LogP contribution in [0.2, 0.25) is 0 Å². The molecule has 0 radical (unpaired) electrons. The molecular formula is C13H25NO2. The summed E-state index contributed by atoms with van der Waals surface area (Å²) in [6, 6.07) is 0. The Labute approximate surface area is 98.8 Å². The molecule has 3 nitrogen and oxygen atoms in total. The molecule has 1 saturated heterocycles. The Balaban J connectivity index is 1.79. The van der Waals surface area contributed by atoms with E-state index in [0.717, 1.165) is 44.6 Å². The fourth-order valence-electron chi connectivity index (χ4n) is 3.17. The lowest BCUT2D eigenvalue weighted by Gasteiger charge is -2.54. The van der Waals surface area contributed by atoms with Crippen LogP contribution in [0.15, 0.2) is 0 Å². The van der Waals surface area contributed by atoms with Gasteiger partial charge in [0.25, 0.3) is 0 Å². The van der Waals surface area contributed by atoms with Crippen LogP contribution in [0, 0.1) is 17.3 Å². The van der Waals surface area contributed by atoms with Crippen LogP contribution in [0.25, 0.3) is 0 Å². The average molecular weight is 227 g/mol. The van der Waals surface area contributed by atoms with Crippen LogP contribution in [-0.4, -0.2) is 49.5 Å². The van der Waals surface area contributed by atoms with Crippen molar-refractivity contribution in [2.75, 3.05) is 39.5 Å². The largest absolute Gasteiger partial charge is 0.396 e. The summed E-state index contributed by atoms with van der Waals surface area (Å²) in [7, 11) is 0. The molecule has 1 saturated carbocycles. The molecular weight excluding hydrogens is 202 g/mol. The van der Waals surface area contributed by atoms with Gasteiger partial charge < -0.3 is 9.84 Å². The fraction of sp³-hybridized carbons (Fsp3) is 1.00. The number of hydrogen-bond acceptors (Lipinski definition) is 3. The number of rotatable bonds is 4. The summed E-state index contributed by atoms with van der Waals surface area (Å²) in [5, 5.41) is 9.01. The molecule has 0 aromatic heterocycles. The maximum atomic E-state index is 9.01. The fourth-order valence-corrected chi connectivity index (χ4v) is 3.17. The third-order valence-corrected chi connectivity index (χ3v) is 4.73. The Morgan fingerprint density at radius 2 is 1.94 bits per heavy atom. The van der Waals surface area contributed by atoms with Gasteiger partial charge in [0.1, 0.15) is 0 Å². The second kappa shape index (κ2) is 5.03. The Bertz CT molecular complexity index is 224. The van der Waals surface area contributed by atoms with Gasteiger partial charge in [-0.25, -0.2) is 0 Å². The molecule has 1 aliphatic heterocycles. The van der Waals surface area contributed by atoms with Crippen molar-refractivity contribution < 1.29 is 9.84 Å². The summed E-state index contributed by atoms with van der Waals surface area (Å²) < 4.78 is 5.37. The molecule has 0 bridgehead atoms. The lowest BCUT2D eigenvalue weighted by Crippen LogP contribution is -2.52. The quantitative estimate of drug-likeness (QED) is 0.787. The van der Waals surface area contributed by atoms with Gasteiger partial charge in [0.05, 0.1) is 13.2 Å². The van der Waals surface area contributed by atoms with Crippen LogP contribution in [0.1, 0.15) is 26.7 Å². The topological polar surface area (TPSA) is 32.7 Å². The van der Waals surface area contributed by atoms with Crippen LogP contribution < -0.4 is 0 Å². The van der Waals surface area contributed by atoms with E-state index in [1.54, 1.807) is 0 Å². The molecule has 0 aromatic carbocycles. The molecule has 2 fully saturated rings. The maximum absolute atomic E-state index is 9.01. The van der Waals surface area contributed by atoms with Gasteiger partial charge in [-0.2, -0.15) is 0 Å². The highest BCUT2D eigenvalue weighted by Crippen LogP contribution is 2.52. The molecule has 1 aliphatic carbocycles. The van der Waals surface area contributed by atoms with Crippen molar-refractivity contribution in [1.82, 2.24) is 4.90 Å². The van der Waals surface area contributed by atoms with Crippen LogP contribution in [0.4, 0.5) is 0 Å². The molecule has 2 atom stereocenters. The van der Waals surface area contributed by atoms with E-state index in [1.807, 2.05) is 0 Å². The van der Waals surface area contributed by atoms with Crippen molar-refractivity contribution in [2.24, 2.45) is 17.3 Å². The molecule has 3 heteroatoms. The van der Waals surface area contributed by atoms with E-state index in [1.165, 1.54) is 13.0 Å². The lowest BCUT2D eigenvalue weighted by molar-refractivity contribution is -0.0648. The number of hydrogen-bond donors (Lipinski definition) is 1. The molecule has 1 N–H and O–H groups in total. The normalized spacial score (nSPS) is 34.7. The molecule has 0 amide bonds. The number of morpholine rings is 1. The van der Waals surface area contributed by atoms with Crippen LogP contribution in [0.3, 0.4) is 0 Å². The first-order chi connectivity index (χ1) is 7.64. The minimum absolute atomic E-state index is 0.346. The van der Waals surface area contributed by atoms with Gasteiger partial charge in [-0.1, -0.05) is 13.8 Å². The van der Waals surface area contributed by atoms with Gasteiger partial charge >= 0.3 is 0 Å². The SMILES string of the molecule is CC1(C)[C@@H](CN2CCOCC2)C[C@@H]1CCO. The van der Waals surface area contributed by atoms with Gasteiger partial charge in [-0.3, -0.25) is 4.90 Å². The first kappa shape index (κ1) is 12.3. The zero-order valence-electron chi connectivity index (χ0n) is 10.6. The van der Waals surface area contributed by atoms with Gasteiger partial charge in [0, 0.05) is 26.2 Å². The summed E-state index contributed by atoms with van der Waals surface area (Å²) in [5.74, 6) is 1.53. The van der Waals surface area contributed by atoms with Crippen LogP contribution in [0.5, 0.6) is 0 Å². The van der Waals surface area contributed by atoms with Gasteiger partial charge in [-0.15, -0.1) is 0 Å². The molecule has 2 rings (SSSR count). The van der Waals surface area contributed by atoms with Crippen molar-refractivity contribution in [3.05, 3.63) is 0 Å².